The Morgan fingerprint density at radius 1 is 1.23 bits per heavy atom. The number of dihydropyridines is 1. The lowest BCUT2D eigenvalue weighted by Gasteiger charge is -2.34. The normalized spacial score (nSPS) is 18.7. The highest BCUT2D eigenvalue weighted by Crippen LogP contribution is 2.46. The van der Waals surface area contributed by atoms with Gasteiger partial charge in [-0.3, -0.25) is 4.79 Å². The van der Waals surface area contributed by atoms with Gasteiger partial charge in [0, 0.05) is 34.7 Å². The number of ether oxygens (including phenoxy) is 3. The molecule has 0 aromatic heterocycles. The van der Waals surface area contributed by atoms with Gasteiger partial charge in [-0.25, -0.2) is 4.79 Å². The number of rotatable bonds is 8. The second-order valence-corrected chi connectivity index (χ2v) is 8.60. The first-order chi connectivity index (χ1) is 14.5. The summed E-state index contributed by atoms with van der Waals surface area (Å²) in [6, 6.07) is 5.45. The predicted octanol–water partition coefficient (Wildman–Crippen LogP) is 3.97. The van der Waals surface area contributed by atoms with Crippen LogP contribution < -0.4 is 14.8 Å². The molecule has 162 valence electrons. The Labute approximate surface area is 182 Å². The summed E-state index contributed by atoms with van der Waals surface area (Å²) in [4.78, 5) is 26.1. The number of carbonyl (C=O) groups excluding carboxylic acids is 2. The van der Waals surface area contributed by atoms with E-state index in [-0.39, 0.29) is 5.78 Å². The Kier molecular flexibility index (Phi) is 7.48. The highest BCUT2D eigenvalue weighted by atomic mass is 32.2. The number of esters is 1. The van der Waals surface area contributed by atoms with E-state index in [0.717, 1.165) is 35.6 Å². The fraction of sp³-hybridized carbons (Fsp3) is 0.478. The van der Waals surface area contributed by atoms with Crippen molar-refractivity contribution in [1.29, 1.82) is 0 Å². The van der Waals surface area contributed by atoms with Crippen molar-refractivity contribution in [2.45, 2.75) is 39.0 Å². The molecule has 3 rings (SSSR count). The number of Topliss-reactive ketones (excluding diaryl/α,β-unsaturated/α-hetero) is 1. The van der Waals surface area contributed by atoms with E-state index in [9.17, 15) is 9.59 Å². The molecular weight excluding hydrogens is 402 g/mol. The first-order valence-electron chi connectivity index (χ1n) is 10.2. The van der Waals surface area contributed by atoms with Crippen LogP contribution in [0.3, 0.4) is 0 Å². The first-order valence-corrected chi connectivity index (χ1v) is 11.4. The quantitative estimate of drug-likeness (QED) is 0.493. The maximum absolute atomic E-state index is 13.2. The van der Waals surface area contributed by atoms with Gasteiger partial charge < -0.3 is 19.5 Å². The van der Waals surface area contributed by atoms with Crippen molar-refractivity contribution in [3.8, 4) is 11.5 Å². The van der Waals surface area contributed by atoms with Gasteiger partial charge in [-0.05, 0) is 43.7 Å². The molecule has 1 N–H and O–H groups in total. The molecule has 0 saturated carbocycles. The third-order valence-electron chi connectivity index (χ3n) is 5.41. The van der Waals surface area contributed by atoms with Crippen LogP contribution >= 0.6 is 11.8 Å². The molecule has 1 aliphatic carbocycles. The van der Waals surface area contributed by atoms with Gasteiger partial charge in [-0.2, -0.15) is 11.8 Å². The van der Waals surface area contributed by atoms with Crippen LogP contribution in [0, 0.1) is 0 Å². The second-order valence-electron chi connectivity index (χ2n) is 7.21. The van der Waals surface area contributed by atoms with Crippen LogP contribution in [0.15, 0.2) is 40.7 Å². The minimum atomic E-state index is -0.551. The van der Waals surface area contributed by atoms with Crippen LogP contribution in [0.4, 0.5) is 0 Å². The molecule has 1 aliphatic heterocycles. The molecule has 0 unspecified atom stereocenters. The van der Waals surface area contributed by atoms with Gasteiger partial charge in [0.2, 0.25) is 0 Å². The lowest BCUT2D eigenvalue weighted by Crippen LogP contribution is -2.34. The summed E-state index contributed by atoms with van der Waals surface area (Å²) in [5.41, 5.74) is 3.42. The van der Waals surface area contributed by atoms with E-state index in [1.165, 1.54) is 0 Å². The summed E-state index contributed by atoms with van der Waals surface area (Å²) >= 11 is 1.72. The fourth-order valence-electron chi connectivity index (χ4n) is 4.05. The van der Waals surface area contributed by atoms with Gasteiger partial charge in [0.05, 0.1) is 25.7 Å². The summed E-state index contributed by atoms with van der Waals surface area (Å²) in [6.07, 6.45) is 2.04. The van der Waals surface area contributed by atoms with Gasteiger partial charge in [0.1, 0.15) is 18.1 Å². The number of thioether (sulfide) groups is 1. The maximum atomic E-state index is 13.2. The molecule has 1 aromatic carbocycles. The smallest absolute Gasteiger partial charge is 0.336 e. The average molecular weight is 432 g/mol. The van der Waals surface area contributed by atoms with Gasteiger partial charge >= 0.3 is 5.97 Å². The van der Waals surface area contributed by atoms with E-state index in [1.807, 2.05) is 13.0 Å². The summed E-state index contributed by atoms with van der Waals surface area (Å²) in [5, 5.41) is 3.31. The van der Waals surface area contributed by atoms with Crippen molar-refractivity contribution in [3.05, 3.63) is 46.3 Å². The minimum Gasteiger partial charge on any atom is -0.497 e. The van der Waals surface area contributed by atoms with E-state index in [1.54, 1.807) is 38.1 Å². The molecule has 1 atom stereocenters. The van der Waals surface area contributed by atoms with Crippen molar-refractivity contribution in [2.24, 2.45) is 0 Å². The van der Waals surface area contributed by atoms with Crippen LogP contribution in [0.5, 0.6) is 11.5 Å². The molecule has 1 heterocycles. The fourth-order valence-corrected chi connectivity index (χ4v) is 4.54. The minimum absolute atomic E-state index is 0.0537. The Hall–Kier alpha value is -2.41. The third kappa shape index (κ3) is 4.51. The highest BCUT2D eigenvalue weighted by Gasteiger charge is 2.40. The lowest BCUT2D eigenvalue weighted by molar-refractivity contribution is -0.138. The molecule has 0 spiro atoms. The van der Waals surface area contributed by atoms with E-state index < -0.39 is 11.9 Å². The van der Waals surface area contributed by atoms with Crippen LogP contribution in [-0.2, 0) is 14.3 Å². The molecule has 6 nitrogen and oxygen atoms in total. The van der Waals surface area contributed by atoms with Crippen molar-refractivity contribution in [3.63, 3.8) is 0 Å². The van der Waals surface area contributed by atoms with Gasteiger partial charge in [-0.15, -0.1) is 0 Å². The van der Waals surface area contributed by atoms with Crippen molar-refractivity contribution in [2.75, 3.05) is 32.3 Å². The Morgan fingerprint density at radius 2 is 2.03 bits per heavy atom. The third-order valence-corrected chi connectivity index (χ3v) is 6.27. The van der Waals surface area contributed by atoms with Crippen LogP contribution in [0.2, 0.25) is 0 Å². The SMILES string of the molecule is CCSCCOC(=O)C1=C(C)NC2=C(C(=O)CCC2)[C@@H]1c1cc(OC)ccc1OC. The maximum Gasteiger partial charge on any atom is 0.336 e. The molecule has 0 bridgehead atoms. The molecule has 30 heavy (non-hydrogen) atoms. The highest BCUT2D eigenvalue weighted by molar-refractivity contribution is 7.99. The Morgan fingerprint density at radius 3 is 2.73 bits per heavy atom. The Balaban J connectivity index is 2.09. The summed E-state index contributed by atoms with van der Waals surface area (Å²) in [6.45, 7) is 4.26. The lowest BCUT2D eigenvalue weighted by atomic mass is 9.75. The zero-order valence-corrected chi connectivity index (χ0v) is 18.8. The van der Waals surface area contributed by atoms with Gasteiger partial charge in [0.25, 0.3) is 0 Å². The number of nitrogens with one attached hydrogen (secondary N) is 1. The molecular formula is C23H29NO5S. The molecule has 0 amide bonds. The largest absolute Gasteiger partial charge is 0.497 e. The topological polar surface area (TPSA) is 73.9 Å². The average Bonchev–Trinajstić information content (AvgIpc) is 2.75. The molecule has 0 saturated heterocycles. The molecule has 0 radical (unpaired) electrons. The second kappa shape index (κ2) is 10.1. The molecule has 7 heteroatoms. The monoisotopic (exact) mass is 431 g/mol. The van der Waals surface area contributed by atoms with E-state index in [0.29, 0.717) is 41.4 Å². The Bertz CT molecular complexity index is 890. The van der Waals surface area contributed by atoms with E-state index >= 15 is 0 Å². The number of hydrogen-bond donors (Lipinski definition) is 1. The number of carbonyl (C=O) groups is 2. The van der Waals surface area contributed by atoms with E-state index in [4.69, 9.17) is 14.2 Å². The van der Waals surface area contributed by atoms with Gasteiger partial charge in [0.15, 0.2) is 5.78 Å². The van der Waals surface area contributed by atoms with Crippen LogP contribution in [-0.4, -0.2) is 44.1 Å². The number of benzene rings is 1. The molecule has 1 aromatic rings. The van der Waals surface area contributed by atoms with Crippen molar-refractivity contribution >= 4 is 23.5 Å². The van der Waals surface area contributed by atoms with E-state index in [2.05, 4.69) is 12.2 Å². The van der Waals surface area contributed by atoms with Crippen LogP contribution in [0.25, 0.3) is 0 Å². The summed E-state index contributed by atoms with van der Waals surface area (Å²) in [5.74, 6) is 2.05. The van der Waals surface area contributed by atoms with Crippen molar-refractivity contribution in [1.82, 2.24) is 5.32 Å². The summed E-state index contributed by atoms with van der Waals surface area (Å²) in [7, 11) is 3.17. The standard InChI is InChI=1S/C23H29NO5S/c1-5-30-12-11-29-23(26)20-14(2)24-17-7-6-8-18(25)22(17)21(20)16-13-15(27-3)9-10-19(16)28-4/h9-10,13,21,24H,5-8,11-12H2,1-4H3/t21-/m1/s1. The molecule has 0 fully saturated rings. The number of ketones is 1. The number of allylic oxidation sites excluding steroid dienone is 3. The van der Waals surface area contributed by atoms with Gasteiger partial charge in [-0.1, -0.05) is 6.92 Å². The first kappa shape index (κ1) is 22.3. The molecule has 2 aliphatic rings. The zero-order chi connectivity index (χ0) is 21.7. The zero-order valence-electron chi connectivity index (χ0n) is 18.0. The number of methoxy groups -OCH3 is 2. The van der Waals surface area contributed by atoms with Crippen LogP contribution in [0.1, 0.15) is 44.6 Å². The number of hydrogen-bond acceptors (Lipinski definition) is 7. The summed E-state index contributed by atoms with van der Waals surface area (Å²) < 4.78 is 16.6. The predicted molar refractivity (Wildman–Crippen MR) is 118 cm³/mol. The van der Waals surface area contributed by atoms with Crippen molar-refractivity contribution < 1.29 is 23.8 Å².